The number of carboxylic acid groups (broad SMARTS) is 1. The van der Waals surface area contributed by atoms with Crippen LogP contribution in [0.25, 0.3) is 0 Å². The van der Waals surface area contributed by atoms with E-state index in [-0.39, 0.29) is 6.42 Å². The van der Waals surface area contributed by atoms with Crippen molar-refractivity contribution in [3.05, 3.63) is 90.0 Å². The van der Waals surface area contributed by atoms with Crippen LogP contribution in [0, 0.1) is 11.8 Å². The molecule has 2 heterocycles. The zero-order valence-corrected chi connectivity index (χ0v) is 20.6. The number of benzene rings is 3. The van der Waals surface area contributed by atoms with Crippen LogP contribution in [-0.4, -0.2) is 42.1 Å². The third-order valence-electron chi connectivity index (χ3n) is 7.24. The number of anilines is 1. The highest BCUT2D eigenvalue weighted by molar-refractivity contribution is 6.24. The monoisotopic (exact) mass is 500 g/mol. The lowest BCUT2D eigenvalue weighted by atomic mass is 9.76. The fourth-order valence-corrected chi connectivity index (χ4v) is 5.57. The van der Waals surface area contributed by atoms with Crippen LogP contribution in [0.4, 0.5) is 5.69 Å². The van der Waals surface area contributed by atoms with Gasteiger partial charge in [-0.1, -0.05) is 42.5 Å². The van der Waals surface area contributed by atoms with Gasteiger partial charge in [-0.25, -0.2) is 4.90 Å². The molecule has 2 aliphatic heterocycles. The molecule has 0 saturated carbocycles. The maximum Gasteiger partial charge on any atom is 0.325 e. The molecule has 2 aliphatic rings. The van der Waals surface area contributed by atoms with E-state index < -0.39 is 41.2 Å². The van der Waals surface area contributed by atoms with Crippen LogP contribution in [-0.2, 0) is 20.8 Å². The number of carboxylic acids is 1. The molecule has 0 aromatic heterocycles. The van der Waals surface area contributed by atoms with Gasteiger partial charge < -0.3 is 14.6 Å². The Hall–Kier alpha value is -4.17. The minimum absolute atomic E-state index is 0.0487. The molecule has 2 N–H and O–H groups in total. The first kappa shape index (κ1) is 24.5. The van der Waals surface area contributed by atoms with E-state index >= 15 is 0 Å². The number of amides is 2. The molecular weight excluding hydrogens is 472 g/mol. The number of nitrogens with one attached hydrogen (secondary N) is 1. The lowest BCUT2D eigenvalue weighted by Gasteiger charge is -2.31. The Morgan fingerprint density at radius 1 is 0.946 bits per heavy atom. The molecule has 4 atom stereocenters. The summed E-state index contributed by atoms with van der Waals surface area (Å²) < 4.78 is 10.8. The second kappa shape index (κ2) is 9.71. The van der Waals surface area contributed by atoms with E-state index in [1.165, 1.54) is 0 Å². The summed E-state index contributed by atoms with van der Waals surface area (Å²) in [6, 6.07) is 22.3. The molecule has 5 rings (SSSR count). The number of imide groups is 1. The van der Waals surface area contributed by atoms with E-state index in [4.69, 9.17) is 9.47 Å². The van der Waals surface area contributed by atoms with Gasteiger partial charge in [-0.3, -0.25) is 19.7 Å². The van der Waals surface area contributed by atoms with Gasteiger partial charge in [-0.15, -0.1) is 0 Å². The van der Waals surface area contributed by atoms with E-state index in [9.17, 15) is 19.5 Å². The molecule has 2 saturated heterocycles. The van der Waals surface area contributed by atoms with Gasteiger partial charge in [0.25, 0.3) is 0 Å². The third kappa shape index (κ3) is 4.13. The zero-order chi connectivity index (χ0) is 26.2. The number of nitrogens with zero attached hydrogens (tertiary/aromatic N) is 1. The molecule has 2 amide bonds. The molecule has 37 heavy (non-hydrogen) atoms. The second-order valence-corrected chi connectivity index (χ2v) is 9.28. The summed E-state index contributed by atoms with van der Waals surface area (Å²) in [6.45, 7) is 2.36. The quantitative estimate of drug-likeness (QED) is 0.455. The topological polar surface area (TPSA) is 105 Å². The number of methoxy groups -OCH3 is 1. The van der Waals surface area contributed by atoms with Crippen LogP contribution in [0.2, 0.25) is 0 Å². The van der Waals surface area contributed by atoms with Crippen molar-refractivity contribution in [3.8, 4) is 11.5 Å². The summed E-state index contributed by atoms with van der Waals surface area (Å²) in [5.41, 5.74) is 0.178. The van der Waals surface area contributed by atoms with Crippen molar-refractivity contribution in [2.24, 2.45) is 11.8 Å². The summed E-state index contributed by atoms with van der Waals surface area (Å²) in [7, 11) is 1.56. The average molecular weight is 501 g/mol. The Labute approximate surface area is 214 Å². The van der Waals surface area contributed by atoms with Crippen molar-refractivity contribution in [1.82, 2.24) is 5.32 Å². The van der Waals surface area contributed by atoms with E-state index in [0.29, 0.717) is 29.4 Å². The molecule has 3 aromatic rings. The standard InChI is InChI=1S/C29H28N2O6/c1-3-37-22-15-11-20(12-16-22)31-26(32)23-24(27(31)33)29(28(34)35,17-18-7-5-4-6-8-18)30-25(23)19-9-13-21(36-2)14-10-19/h4-16,23-25,30H,3,17H2,1-2H3,(H,34,35). The lowest BCUT2D eigenvalue weighted by molar-refractivity contribution is -0.148. The van der Waals surface area contributed by atoms with Gasteiger partial charge >= 0.3 is 5.97 Å². The van der Waals surface area contributed by atoms with Crippen LogP contribution in [0.15, 0.2) is 78.9 Å². The Morgan fingerprint density at radius 2 is 1.59 bits per heavy atom. The van der Waals surface area contributed by atoms with E-state index in [1.54, 1.807) is 55.6 Å². The van der Waals surface area contributed by atoms with E-state index in [2.05, 4.69) is 5.32 Å². The predicted octanol–water partition coefficient (Wildman–Crippen LogP) is 3.61. The fraction of sp³-hybridized carbons (Fsp3) is 0.276. The Bertz CT molecular complexity index is 1310. The van der Waals surface area contributed by atoms with Crippen molar-refractivity contribution < 1.29 is 29.0 Å². The average Bonchev–Trinajstić information content (AvgIpc) is 3.39. The number of carbonyl (C=O) groups excluding carboxylic acids is 2. The van der Waals surface area contributed by atoms with Gasteiger partial charge in [0.2, 0.25) is 11.8 Å². The summed E-state index contributed by atoms with van der Waals surface area (Å²) >= 11 is 0. The minimum atomic E-state index is -1.68. The van der Waals surface area contributed by atoms with Crippen LogP contribution in [0.3, 0.4) is 0 Å². The normalized spacial score (nSPS) is 24.7. The van der Waals surface area contributed by atoms with Crippen LogP contribution in [0.5, 0.6) is 11.5 Å². The number of ether oxygens (including phenoxy) is 2. The summed E-state index contributed by atoms with van der Waals surface area (Å²) in [5.74, 6) is -2.87. The van der Waals surface area contributed by atoms with Crippen LogP contribution < -0.4 is 19.7 Å². The highest BCUT2D eigenvalue weighted by Gasteiger charge is 2.68. The minimum Gasteiger partial charge on any atom is -0.497 e. The van der Waals surface area contributed by atoms with E-state index in [0.717, 1.165) is 10.5 Å². The van der Waals surface area contributed by atoms with Gasteiger partial charge in [0.1, 0.15) is 17.0 Å². The third-order valence-corrected chi connectivity index (χ3v) is 7.24. The number of hydrogen-bond acceptors (Lipinski definition) is 6. The summed E-state index contributed by atoms with van der Waals surface area (Å²) in [6.07, 6.45) is 0.0487. The molecule has 4 unspecified atom stereocenters. The number of carbonyl (C=O) groups is 3. The SMILES string of the molecule is CCOc1ccc(N2C(=O)C3C(c4ccc(OC)cc4)NC(Cc4ccccc4)(C(=O)O)C3C2=O)cc1. The summed E-state index contributed by atoms with van der Waals surface area (Å²) in [5, 5.41) is 13.8. The van der Waals surface area contributed by atoms with Crippen molar-refractivity contribution in [2.75, 3.05) is 18.6 Å². The number of fused-ring (bicyclic) bond motifs is 1. The Morgan fingerprint density at radius 3 is 2.19 bits per heavy atom. The smallest absolute Gasteiger partial charge is 0.325 e. The van der Waals surface area contributed by atoms with Crippen molar-refractivity contribution in [3.63, 3.8) is 0 Å². The van der Waals surface area contributed by atoms with Crippen LogP contribution in [0.1, 0.15) is 24.1 Å². The first-order valence-electron chi connectivity index (χ1n) is 12.2. The van der Waals surface area contributed by atoms with Crippen molar-refractivity contribution >= 4 is 23.5 Å². The van der Waals surface area contributed by atoms with Crippen LogP contribution >= 0.6 is 0 Å². The number of aliphatic carboxylic acids is 1. The fourth-order valence-electron chi connectivity index (χ4n) is 5.57. The molecule has 2 fully saturated rings. The van der Waals surface area contributed by atoms with Gasteiger partial charge in [0, 0.05) is 12.5 Å². The first-order chi connectivity index (χ1) is 17.9. The zero-order valence-electron chi connectivity index (χ0n) is 20.6. The second-order valence-electron chi connectivity index (χ2n) is 9.28. The first-order valence-corrected chi connectivity index (χ1v) is 12.2. The van der Waals surface area contributed by atoms with Gasteiger partial charge in [-0.2, -0.15) is 0 Å². The molecule has 8 heteroatoms. The molecule has 8 nitrogen and oxygen atoms in total. The molecule has 3 aromatic carbocycles. The van der Waals surface area contributed by atoms with E-state index in [1.807, 2.05) is 37.3 Å². The molecular formula is C29H28N2O6. The maximum atomic E-state index is 13.9. The molecule has 0 bridgehead atoms. The maximum absolute atomic E-state index is 13.9. The molecule has 0 aliphatic carbocycles. The number of rotatable bonds is 8. The van der Waals surface area contributed by atoms with Gasteiger partial charge in [0.15, 0.2) is 0 Å². The number of hydrogen-bond donors (Lipinski definition) is 2. The molecule has 0 spiro atoms. The lowest BCUT2D eigenvalue weighted by Crippen LogP contribution is -2.57. The Balaban J connectivity index is 1.60. The largest absolute Gasteiger partial charge is 0.497 e. The van der Waals surface area contributed by atoms with Gasteiger partial charge in [0.05, 0.1) is 31.2 Å². The summed E-state index contributed by atoms with van der Waals surface area (Å²) in [4.78, 5) is 41.9. The van der Waals surface area contributed by atoms with Gasteiger partial charge in [-0.05, 0) is 54.4 Å². The Kier molecular flexibility index (Phi) is 6.43. The van der Waals surface area contributed by atoms with Crippen molar-refractivity contribution in [2.45, 2.75) is 24.9 Å². The highest BCUT2D eigenvalue weighted by Crippen LogP contribution is 2.51. The highest BCUT2D eigenvalue weighted by atomic mass is 16.5. The van der Waals surface area contributed by atoms with Crippen molar-refractivity contribution in [1.29, 1.82) is 0 Å². The molecule has 0 radical (unpaired) electrons. The molecule has 190 valence electrons. The predicted molar refractivity (Wildman–Crippen MR) is 136 cm³/mol.